The fourth-order valence-electron chi connectivity index (χ4n) is 3.80. The third-order valence-electron chi connectivity index (χ3n) is 5.20. The molecular weight excluding hydrogens is 472 g/mol. The van der Waals surface area contributed by atoms with E-state index in [4.69, 9.17) is 27.9 Å². The number of nitrogens with zero attached hydrogens (tertiary/aromatic N) is 1. The Hall–Kier alpha value is -3.55. The Kier molecular flexibility index (Phi) is 6.01. The van der Waals surface area contributed by atoms with Gasteiger partial charge in [-0.15, -0.1) is 0 Å². The summed E-state index contributed by atoms with van der Waals surface area (Å²) in [5.74, 6) is -3.07. The SMILES string of the molecule is COc1c(Cl)cc(Cl)cc1/C(O)=C1\C(=O)C(=O)N(c2ccc(F)cc2)C1c1cccc(O)c1. The van der Waals surface area contributed by atoms with E-state index in [0.29, 0.717) is 5.56 Å². The molecule has 1 atom stereocenters. The number of phenols is 1. The Morgan fingerprint density at radius 1 is 1.06 bits per heavy atom. The third-order valence-corrected chi connectivity index (χ3v) is 5.70. The minimum absolute atomic E-state index is 0.0114. The molecule has 1 fully saturated rings. The van der Waals surface area contributed by atoms with E-state index in [0.717, 1.165) is 17.0 Å². The molecule has 3 aromatic rings. The zero-order chi connectivity index (χ0) is 23.9. The molecule has 33 heavy (non-hydrogen) atoms. The van der Waals surface area contributed by atoms with Crippen LogP contribution >= 0.6 is 23.2 Å². The zero-order valence-electron chi connectivity index (χ0n) is 17.1. The highest BCUT2D eigenvalue weighted by atomic mass is 35.5. The van der Waals surface area contributed by atoms with Gasteiger partial charge in [0.2, 0.25) is 0 Å². The molecule has 0 radical (unpaired) electrons. The van der Waals surface area contributed by atoms with Gasteiger partial charge in [-0.2, -0.15) is 0 Å². The van der Waals surface area contributed by atoms with Gasteiger partial charge in [0, 0.05) is 10.7 Å². The Morgan fingerprint density at radius 3 is 2.39 bits per heavy atom. The van der Waals surface area contributed by atoms with E-state index in [1.807, 2.05) is 0 Å². The molecule has 1 saturated heterocycles. The van der Waals surface area contributed by atoms with Crippen molar-refractivity contribution in [2.75, 3.05) is 12.0 Å². The molecule has 168 valence electrons. The first-order chi connectivity index (χ1) is 15.7. The summed E-state index contributed by atoms with van der Waals surface area (Å²) in [6, 6.07) is 12.5. The summed E-state index contributed by atoms with van der Waals surface area (Å²) in [5, 5.41) is 21.5. The number of amides is 1. The van der Waals surface area contributed by atoms with Crippen LogP contribution in [0.15, 0.2) is 66.2 Å². The maximum absolute atomic E-state index is 13.5. The summed E-state index contributed by atoms with van der Waals surface area (Å²) in [6.07, 6.45) is 0. The second kappa shape index (κ2) is 8.77. The first kappa shape index (κ1) is 22.6. The van der Waals surface area contributed by atoms with Gasteiger partial charge in [-0.05, 0) is 54.1 Å². The number of hydrogen-bond acceptors (Lipinski definition) is 5. The largest absolute Gasteiger partial charge is 0.508 e. The van der Waals surface area contributed by atoms with Crippen molar-refractivity contribution >= 4 is 46.3 Å². The number of halogens is 3. The van der Waals surface area contributed by atoms with Crippen molar-refractivity contribution < 1.29 is 28.9 Å². The molecule has 3 aromatic carbocycles. The van der Waals surface area contributed by atoms with Crippen LogP contribution < -0.4 is 9.64 Å². The number of aromatic hydroxyl groups is 1. The normalized spacial score (nSPS) is 17.5. The molecule has 4 rings (SSSR count). The van der Waals surface area contributed by atoms with E-state index in [1.165, 1.54) is 49.6 Å². The van der Waals surface area contributed by atoms with Gasteiger partial charge in [0.05, 0.1) is 29.3 Å². The molecule has 0 spiro atoms. The molecule has 1 amide bonds. The van der Waals surface area contributed by atoms with Crippen molar-refractivity contribution in [3.8, 4) is 11.5 Å². The number of aliphatic hydroxyl groups excluding tert-OH is 1. The van der Waals surface area contributed by atoms with Crippen LogP contribution in [-0.2, 0) is 9.59 Å². The molecular formula is C24H16Cl2FNO5. The number of hydrogen-bond donors (Lipinski definition) is 2. The number of carbonyl (C=O) groups is 2. The number of phenolic OH excluding ortho intramolecular Hbond substituents is 1. The second-order valence-corrected chi connectivity index (χ2v) is 8.05. The fourth-order valence-corrected chi connectivity index (χ4v) is 4.37. The van der Waals surface area contributed by atoms with Gasteiger partial charge in [0.1, 0.15) is 23.1 Å². The molecule has 1 heterocycles. The smallest absolute Gasteiger partial charge is 0.300 e. The molecule has 0 aromatic heterocycles. The lowest BCUT2D eigenvalue weighted by molar-refractivity contribution is -0.132. The van der Waals surface area contributed by atoms with Crippen molar-refractivity contribution in [2.45, 2.75) is 6.04 Å². The van der Waals surface area contributed by atoms with Gasteiger partial charge in [0.25, 0.3) is 11.7 Å². The summed E-state index contributed by atoms with van der Waals surface area (Å²) >= 11 is 12.3. The number of carbonyl (C=O) groups excluding carboxylic acids is 2. The highest BCUT2D eigenvalue weighted by Gasteiger charge is 2.47. The Labute approximate surface area is 198 Å². The molecule has 6 nitrogen and oxygen atoms in total. The Bertz CT molecular complexity index is 1310. The summed E-state index contributed by atoms with van der Waals surface area (Å²) in [5.41, 5.74) is 0.304. The Morgan fingerprint density at radius 2 is 1.76 bits per heavy atom. The van der Waals surface area contributed by atoms with E-state index in [2.05, 4.69) is 0 Å². The molecule has 1 aliphatic heterocycles. The number of methoxy groups -OCH3 is 1. The minimum Gasteiger partial charge on any atom is -0.508 e. The van der Waals surface area contributed by atoms with E-state index in [-0.39, 0.29) is 38.4 Å². The lowest BCUT2D eigenvalue weighted by Gasteiger charge is -2.25. The highest BCUT2D eigenvalue weighted by molar-refractivity contribution is 6.51. The maximum Gasteiger partial charge on any atom is 0.300 e. The van der Waals surface area contributed by atoms with Gasteiger partial charge >= 0.3 is 0 Å². The van der Waals surface area contributed by atoms with Crippen LogP contribution in [0.4, 0.5) is 10.1 Å². The van der Waals surface area contributed by atoms with Crippen molar-refractivity contribution in [3.05, 3.63) is 93.2 Å². The topological polar surface area (TPSA) is 87.1 Å². The van der Waals surface area contributed by atoms with Crippen molar-refractivity contribution in [2.24, 2.45) is 0 Å². The number of anilines is 1. The van der Waals surface area contributed by atoms with Crippen molar-refractivity contribution in [3.63, 3.8) is 0 Å². The Balaban J connectivity index is 2.01. The minimum atomic E-state index is -1.13. The summed E-state index contributed by atoms with van der Waals surface area (Å²) in [7, 11) is 1.33. The summed E-state index contributed by atoms with van der Waals surface area (Å²) in [6.45, 7) is 0. The lowest BCUT2D eigenvalue weighted by Crippen LogP contribution is -2.29. The van der Waals surface area contributed by atoms with E-state index in [1.54, 1.807) is 6.07 Å². The van der Waals surface area contributed by atoms with E-state index in [9.17, 15) is 24.2 Å². The summed E-state index contributed by atoms with van der Waals surface area (Å²) in [4.78, 5) is 27.4. The van der Waals surface area contributed by atoms with Crippen LogP contribution in [0, 0.1) is 5.82 Å². The molecule has 0 aliphatic carbocycles. The van der Waals surface area contributed by atoms with Crippen molar-refractivity contribution in [1.29, 1.82) is 0 Å². The number of rotatable bonds is 4. The molecule has 2 N–H and O–H groups in total. The molecule has 0 bridgehead atoms. The predicted molar refractivity (Wildman–Crippen MR) is 122 cm³/mol. The maximum atomic E-state index is 13.5. The van der Waals surface area contributed by atoms with Crippen LogP contribution in [0.5, 0.6) is 11.5 Å². The van der Waals surface area contributed by atoms with Gasteiger partial charge in [-0.1, -0.05) is 35.3 Å². The fraction of sp³-hybridized carbons (Fsp3) is 0.0833. The number of Topliss-reactive ketones (excluding diaryl/α,β-unsaturated/α-hetero) is 1. The molecule has 1 aliphatic rings. The number of ether oxygens (including phenoxy) is 1. The predicted octanol–water partition coefficient (Wildman–Crippen LogP) is 5.47. The number of ketones is 1. The van der Waals surface area contributed by atoms with E-state index >= 15 is 0 Å². The van der Waals surface area contributed by atoms with Crippen LogP contribution in [0.1, 0.15) is 17.2 Å². The second-order valence-electron chi connectivity index (χ2n) is 7.21. The lowest BCUT2D eigenvalue weighted by atomic mass is 9.94. The average molecular weight is 488 g/mol. The standard InChI is InChI=1S/C24H16Cl2FNO5/c1-33-23-17(10-13(25)11-18(23)26)21(30)19-20(12-3-2-4-16(29)9-12)28(24(32)22(19)31)15-7-5-14(27)6-8-15/h2-11,20,29-30H,1H3/b21-19+. The van der Waals surface area contributed by atoms with Gasteiger partial charge in [-0.3, -0.25) is 14.5 Å². The first-order valence-electron chi connectivity index (χ1n) is 9.61. The highest BCUT2D eigenvalue weighted by Crippen LogP contribution is 2.45. The zero-order valence-corrected chi connectivity index (χ0v) is 18.6. The number of aliphatic hydroxyl groups is 1. The monoisotopic (exact) mass is 487 g/mol. The van der Waals surface area contributed by atoms with Crippen LogP contribution in [0.2, 0.25) is 10.0 Å². The molecule has 1 unspecified atom stereocenters. The van der Waals surface area contributed by atoms with Gasteiger partial charge in [-0.25, -0.2) is 4.39 Å². The van der Waals surface area contributed by atoms with Gasteiger partial charge < -0.3 is 14.9 Å². The quantitative estimate of drug-likeness (QED) is 0.289. The van der Waals surface area contributed by atoms with Crippen molar-refractivity contribution in [1.82, 2.24) is 0 Å². The molecule has 9 heteroatoms. The summed E-state index contributed by atoms with van der Waals surface area (Å²) < 4.78 is 18.8. The van der Waals surface area contributed by atoms with E-state index < -0.39 is 29.3 Å². The van der Waals surface area contributed by atoms with Gasteiger partial charge in [0.15, 0.2) is 0 Å². The third kappa shape index (κ3) is 4.01. The van der Waals surface area contributed by atoms with Crippen LogP contribution in [0.3, 0.4) is 0 Å². The first-order valence-corrected chi connectivity index (χ1v) is 10.4. The average Bonchev–Trinajstić information content (AvgIpc) is 3.04. The molecule has 0 saturated carbocycles. The van der Waals surface area contributed by atoms with Crippen LogP contribution in [-0.4, -0.2) is 29.0 Å². The number of benzene rings is 3. The van der Waals surface area contributed by atoms with Crippen LogP contribution in [0.25, 0.3) is 5.76 Å².